The number of unbranched alkanes of at least 4 members (excludes halogenated alkanes) is 49. The van der Waals surface area contributed by atoms with E-state index in [1.165, 1.54) is 308 Å². The van der Waals surface area contributed by atoms with Crippen LogP contribution >= 0.6 is 0 Å². The summed E-state index contributed by atoms with van der Waals surface area (Å²) in [5, 5.41) is 19.2. The fourth-order valence-corrected chi connectivity index (χ4v) is 10.6. The summed E-state index contributed by atoms with van der Waals surface area (Å²) >= 11 is 0. The maximum atomic E-state index is 12.5. The third kappa shape index (κ3) is 45.2. The lowest BCUT2D eigenvalue weighted by Gasteiger charge is -2.27. The second-order valence-corrected chi connectivity index (χ2v) is 22.8. The van der Waals surface area contributed by atoms with Gasteiger partial charge in [0.15, 0.2) is 0 Å². The van der Waals surface area contributed by atoms with Crippen LogP contribution in [0.1, 0.15) is 347 Å². The Bertz CT molecular complexity index is 1100. The Balaban J connectivity index is 1.68. The van der Waals surface area contributed by atoms with Crippen LogP contribution in [0.15, 0.2) is 12.2 Å². The van der Waals surface area contributed by atoms with E-state index >= 15 is 0 Å². The molecule has 1 fully saturated rings. The molecule has 1 rings (SSSR count). The van der Waals surface area contributed by atoms with E-state index in [0.29, 0.717) is 6.42 Å². The topological polar surface area (TPSA) is 93.1 Å². The molecule has 0 aromatic carbocycles. The first-order valence-corrected chi connectivity index (χ1v) is 31.8. The van der Waals surface area contributed by atoms with Crippen molar-refractivity contribution in [2.75, 3.05) is 26.4 Å². The van der Waals surface area contributed by atoms with Crippen molar-refractivity contribution in [2.45, 2.75) is 347 Å². The Hall–Kier alpha value is -1.40. The van der Waals surface area contributed by atoms with Crippen LogP contribution in [0.4, 0.5) is 0 Å². The Kier molecular flexibility index (Phi) is 51.3. The average molecular weight is 988 g/mol. The first-order valence-electron chi connectivity index (χ1n) is 31.8. The van der Waals surface area contributed by atoms with Gasteiger partial charge in [0.1, 0.15) is 13.2 Å². The number of aliphatic hydroxyl groups is 2. The fraction of sp³-hybridized carbons (Fsp3) is 0.938. The van der Waals surface area contributed by atoms with Crippen molar-refractivity contribution in [1.29, 1.82) is 0 Å². The predicted octanol–water partition coefficient (Wildman–Crippen LogP) is 19.9. The van der Waals surface area contributed by atoms with E-state index in [9.17, 15) is 19.8 Å². The number of aliphatic hydroxyl groups excluding tert-OH is 2. The zero-order valence-corrected chi connectivity index (χ0v) is 47.1. The van der Waals surface area contributed by atoms with Crippen LogP contribution in [0.5, 0.6) is 0 Å². The molecule has 1 saturated heterocycles. The normalized spacial score (nSPS) is 15.3. The third-order valence-corrected chi connectivity index (χ3v) is 15.8. The van der Waals surface area contributed by atoms with Crippen molar-refractivity contribution in [2.24, 2.45) is 11.3 Å². The van der Waals surface area contributed by atoms with Crippen molar-refractivity contribution >= 4 is 11.9 Å². The molecule has 1 aliphatic heterocycles. The molecule has 0 saturated carbocycles. The van der Waals surface area contributed by atoms with Gasteiger partial charge in [0.2, 0.25) is 0 Å². The van der Waals surface area contributed by atoms with Gasteiger partial charge in [-0.15, -0.1) is 0 Å². The van der Waals surface area contributed by atoms with Crippen molar-refractivity contribution in [1.82, 2.24) is 0 Å². The Morgan fingerprint density at radius 3 is 0.886 bits per heavy atom. The molecule has 1 unspecified atom stereocenters. The number of carbonyl (C=O) groups is 2. The maximum Gasteiger partial charge on any atom is 0.309 e. The number of hydrogen-bond acceptors (Lipinski definition) is 6. The summed E-state index contributed by atoms with van der Waals surface area (Å²) in [4.78, 5) is 24.7. The first kappa shape index (κ1) is 66.6. The summed E-state index contributed by atoms with van der Waals surface area (Å²) in [5.41, 5.74) is -1.12. The lowest BCUT2D eigenvalue weighted by molar-refractivity contribution is -0.155. The van der Waals surface area contributed by atoms with E-state index in [1.807, 2.05) is 0 Å². The number of cyclic esters (lactones) is 2. The van der Waals surface area contributed by atoms with Gasteiger partial charge in [-0.25, -0.2) is 0 Å². The highest BCUT2D eigenvalue weighted by Crippen LogP contribution is 2.25. The van der Waals surface area contributed by atoms with E-state index in [-0.39, 0.29) is 19.6 Å². The number of esters is 2. The fourth-order valence-electron chi connectivity index (χ4n) is 10.6. The van der Waals surface area contributed by atoms with Gasteiger partial charge in [-0.1, -0.05) is 321 Å². The molecule has 2 N–H and O–H groups in total. The molecule has 0 amide bonds. The number of rotatable bonds is 55. The van der Waals surface area contributed by atoms with Crippen molar-refractivity contribution in [3.05, 3.63) is 12.2 Å². The summed E-state index contributed by atoms with van der Waals surface area (Å²) in [5.74, 6) is -1.40. The Morgan fingerprint density at radius 2 is 0.614 bits per heavy atom. The third-order valence-electron chi connectivity index (χ3n) is 15.8. The Morgan fingerprint density at radius 1 is 0.371 bits per heavy atom. The standard InChI is InChI=1S/C64H122O6/c1-2-3-4-5-6-7-8-9-10-11-12-13-14-15-16-17-18-19-20-21-22-23-24-25-26-27-28-29-30-31-32-33-34-35-36-37-38-39-40-41-42-43-44-45-46-47-48-49-50-51-52-53-54-55-61-56-62(67)69-59-64(57-65,58-66)60-70-63(61)68/h14-15,61,65-66H,2-13,16-60H2,1H3/b15-14+. The minimum absolute atomic E-state index is 0.00504. The summed E-state index contributed by atoms with van der Waals surface area (Å²) in [6.07, 6.45) is 77.2. The summed E-state index contributed by atoms with van der Waals surface area (Å²) < 4.78 is 10.6. The monoisotopic (exact) mass is 987 g/mol. The molecule has 0 aromatic rings. The molecule has 0 aliphatic carbocycles. The van der Waals surface area contributed by atoms with E-state index in [2.05, 4.69) is 19.1 Å². The molecule has 0 aromatic heterocycles. The molecule has 1 atom stereocenters. The summed E-state index contributed by atoms with van der Waals surface area (Å²) in [6.45, 7) is 1.21. The van der Waals surface area contributed by atoms with Crippen LogP contribution in [0.25, 0.3) is 0 Å². The number of allylic oxidation sites excluding steroid dienone is 2. The average Bonchev–Trinajstić information content (AvgIpc) is 3.43. The quantitative estimate of drug-likeness (QED) is 0.0358. The summed E-state index contributed by atoms with van der Waals surface area (Å²) in [6, 6.07) is 0. The van der Waals surface area contributed by atoms with Crippen molar-refractivity contribution < 1.29 is 29.3 Å². The highest BCUT2D eigenvalue weighted by Gasteiger charge is 2.36. The van der Waals surface area contributed by atoms with Gasteiger partial charge in [0, 0.05) is 0 Å². The van der Waals surface area contributed by atoms with Gasteiger partial charge in [-0.2, -0.15) is 0 Å². The molecular formula is C64H122O6. The molecule has 414 valence electrons. The SMILES string of the molecule is CCCCCCCCCCCCC/C=C/CCCCCCCCCCCCCCCCCCCCCCCCCCCCCCCCCCCCCCCCC1CC(=O)OCC(CO)(CO)COC1=O. The van der Waals surface area contributed by atoms with Gasteiger partial charge >= 0.3 is 11.9 Å². The molecule has 6 heteroatoms. The molecule has 0 bridgehead atoms. The van der Waals surface area contributed by atoms with E-state index in [1.54, 1.807) is 0 Å². The highest BCUT2D eigenvalue weighted by atomic mass is 16.6. The van der Waals surface area contributed by atoms with Crippen LogP contribution in [-0.2, 0) is 19.1 Å². The zero-order chi connectivity index (χ0) is 50.4. The van der Waals surface area contributed by atoms with Crippen molar-refractivity contribution in [3.63, 3.8) is 0 Å². The van der Waals surface area contributed by atoms with Crippen LogP contribution in [0.3, 0.4) is 0 Å². The maximum absolute atomic E-state index is 12.5. The van der Waals surface area contributed by atoms with Crippen molar-refractivity contribution in [3.8, 4) is 0 Å². The van der Waals surface area contributed by atoms with Crippen LogP contribution in [-0.4, -0.2) is 48.6 Å². The lowest BCUT2D eigenvalue weighted by atomic mass is 9.92. The zero-order valence-electron chi connectivity index (χ0n) is 47.1. The van der Waals surface area contributed by atoms with Gasteiger partial charge < -0.3 is 19.7 Å². The minimum atomic E-state index is -1.12. The molecule has 70 heavy (non-hydrogen) atoms. The Labute approximate surface area is 436 Å². The minimum Gasteiger partial charge on any atom is -0.465 e. The first-order chi connectivity index (χ1) is 34.6. The summed E-state index contributed by atoms with van der Waals surface area (Å²) in [7, 11) is 0. The molecular weight excluding hydrogens is 865 g/mol. The molecule has 1 aliphatic rings. The lowest BCUT2D eigenvalue weighted by Crippen LogP contribution is -2.40. The van der Waals surface area contributed by atoms with E-state index in [4.69, 9.17) is 9.47 Å². The molecule has 0 spiro atoms. The largest absolute Gasteiger partial charge is 0.465 e. The molecule has 0 radical (unpaired) electrons. The highest BCUT2D eigenvalue weighted by molar-refractivity contribution is 5.80. The smallest absolute Gasteiger partial charge is 0.309 e. The second-order valence-electron chi connectivity index (χ2n) is 22.8. The van der Waals surface area contributed by atoms with Gasteiger partial charge in [0.25, 0.3) is 0 Å². The van der Waals surface area contributed by atoms with Crippen LogP contribution < -0.4 is 0 Å². The van der Waals surface area contributed by atoms with Gasteiger partial charge in [-0.05, 0) is 32.1 Å². The van der Waals surface area contributed by atoms with E-state index in [0.717, 1.165) is 19.3 Å². The number of ether oxygens (including phenoxy) is 2. The molecule has 1 heterocycles. The second kappa shape index (κ2) is 53.9. The number of carbonyl (C=O) groups excluding carboxylic acids is 2. The predicted molar refractivity (Wildman–Crippen MR) is 302 cm³/mol. The van der Waals surface area contributed by atoms with Gasteiger partial charge in [0.05, 0.1) is 31.0 Å². The van der Waals surface area contributed by atoms with Crippen LogP contribution in [0.2, 0.25) is 0 Å². The van der Waals surface area contributed by atoms with Gasteiger partial charge in [-0.3, -0.25) is 9.59 Å². The number of hydrogen-bond donors (Lipinski definition) is 2. The van der Waals surface area contributed by atoms with Crippen LogP contribution in [0, 0.1) is 11.3 Å². The van der Waals surface area contributed by atoms with E-state index < -0.39 is 36.5 Å². The molecule has 6 nitrogen and oxygen atoms in total.